The van der Waals surface area contributed by atoms with E-state index in [1.807, 2.05) is 0 Å². The Morgan fingerprint density at radius 2 is 1.19 bits per heavy atom. The molecular formula is C52H84O21. The Kier molecular flexibility index (Phi) is 15.8. The summed E-state index contributed by atoms with van der Waals surface area (Å²) in [4.78, 5) is 14.8. The van der Waals surface area contributed by atoms with Crippen LogP contribution in [-0.2, 0) is 42.7 Å². The number of allylic oxidation sites excluding steroid dienone is 2. The zero-order valence-electron chi connectivity index (χ0n) is 43.2. The van der Waals surface area contributed by atoms with Gasteiger partial charge in [-0.3, -0.25) is 4.79 Å². The Morgan fingerprint density at radius 3 is 1.85 bits per heavy atom. The fraction of sp³-hybridized carbons (Fsp3) is 0.942. The van der Waals surface area contributed by atoms with Crippen molar-refractivity contribution in [2.45, 2.75) is 223 Å². The second-order valence-corrected chi connectivity index (χ2v) is 24.8. The van der Waals surface area contributed by atoms with Crippen molar-refractivity contribution in [1.82, 2.24) is 0 Å². The van der Waals surface area contributed by atoms with E-state index in [1.165, 1.54) is 5.57 Å². The average Bonchev–Trinajstić information content (AvgIpc) is 3.35. The van der Waals surface area contributed by atoms with Crippen molar-refractivity contribution in [1.29, 1.82) is 0 Å². The molecule has 4 saturated heterocycles. The zero-order chi connectivity index (χ0) is 53.1. The van der Waals surface area contributed by atoms with E-state index in [0.29, 0.717) is 25.2 Å². The number of aliphatic hydroxyl groups excluding tert-OH is 12. The summed E-state index contributed by atoms with van der Waals surface area (Å²) in [5.41, 5.74) is -0.808. The van der Waals surface area contributed by atoms with Crippen LogP contribution in [0.1, 0.15) is 106 Å². The molecule has 0 aromatic rings. The molecule has 4 aliphatic heterocycles. The molecule has 4 saturated carbocycles. The van der Waals surface area contributed by atoms with Crippen LogP contribution in [0.5, 0.6) is 0 Å². The van der Waals surface area contributed by atoms with Crippen LogP contribution in [0.2, 0.25) is 0 Å². The number of esters is 1. The van der Waals surface area contributed by atoms with Gasteiger partial charge >= 0.3 is 5.97 Å². The van der Waals surface area contributed by atoms with Gasteiger partial charge in [0.05, 0.1) is 37.9 Å². The Hall–Kier alpha value is -1.55. The summed E-state index contributed by atoms with van der Waals surface area (Å²) in [6, 6.07) is 0. The van der Waals surface area contributed by atoms with Gasteiger partial charge in [-0.05, 0) is 109 Å². The molecule has 12 N–H and O–H groups in total. The highest BCUT2D eigenvalue weighted by molar-refractivity contribution is 5.79. The molecule has 0 aromatic heterocycles. The van der Waals surface area contributed by atoms with E-state index in [1.54, 1.807) is 0 Å². The molecule has 9 rings (SSSR count). The Morgan fingerprint density at radius 1 is 0.603 bits per heavy atom. The van der Waals surface area contributed by atoms with Crippen LogP contribution in [0.3, 0.4) is 0 Å². The normalized spacial score (nSPS) is 55.0. The molecular weight excluding hydrogens is 961 g/mol. The first kappa shape index (κ1) is 56.2. The van der Waals surface area contributed by atoms with E-state index in [0.717, 1.165) is 38.5 Å². The van der Waals surface area contributed by atoms with Crippen LogP contribution in [0.15, 0.2) is 11.6 Å². The lowest BCUT2D eigenvalue weighted by Crippen LogP contribution is -2.67. The lowest BCUT2D eigenvalue weighted by molar-refractivity contribution is -0.384. The maximum absolute atomic E-state index is 14.8. The number of carbonyl (C=O) groups excluding carboxylic acids is 1. The second kappa shape index (κ2) is 20.6. The van der Waals surface area contributed by atoms with Gasteiger partial charge in [0.1, 0.15) is 85.5 Å². The molecule has 0 radical (unpaired) electrons. The third-order valence-corrected chi connectivity index (χ3v) is 21.0. The third kappa shape index (κ3) is 9.01. The van der Waals surface area contributed by atoms with Crippen molar-refractivity contribution >= 4 is 5.97 Å². The second-order valence-electron chi connectivity index (χ2n) is 24.8. The number of hydrogen-bond donors (Lipinski definition) is 12. The summed E-state index contributed by atoms with van der Waals surface area (Å²) in [5, 5.41) is 127. The lowest BCUT2D eigenvalue weighted by Gasteiger charge is -2.71. The molecule has 5 aliphatic carbocycles. The smallest absolute Gasteiger partial charge is 0.315 e. The number of ether oxygens (including phenoxy) is 8. The van der Waals surface area contributed by atoms with Crippen molar-refractivity contribution in [2.24, 2.45) is 56.7 Å². The van der Waals surface area contributed by atoms with E-state index in [4.69, 9.17) is 37.9 Å². The van der Waals surface area contributed by atoms with Crippen molar-refractivity contribution in [3.63, 3.8) is 0 Å². The summed E-state index contributed by atoms with van der Waals surface area (Å²) in [6.07, 6.45) is -19.6. The maximum Gasteiger partial charge on any atom is 0.315 e. The molecule has 4 heterocycles. The molecule has 0 bridgehead atoms. The van der Waals surface area contributed by atoms with Gasteiger partial charge in [0, 0.05) is 0 Å². The van der Waals surface area contributed by atoms with Gasteiger partial charge in [-0.15, -0.1) is 0 Å². The molecule has 28 atom stereocenters. The number of rotatable bonds is 10. The van der Waals surface area contributed by atoms with Crippen LogP contribution >= 0.6 is 0 Å². The van der Waals surface area contributed by atoms with Crippen molar-refractivity contribution < 1.29 is 104 Å². The Balaban J connectivity index is 0.971. The number of hydrogen-bond acceptors (Lipinski definition) is 21. The topological polar surface area (TPSA) is 334 Å². The van der Waals surface area contributed by atoms with Crippen LogP contribution in [-0.4, -0.2) is 210 Å². The van der Waals surface area contributed by atoms with Gasteiger partial charge in [0.25, 0.3) is 0 Å². The van der Waals surface area contributed by atoms with E-state index in [9.17, 15) is 66.1 Å². The molecule has 0 unspecified atom stereocenters. The molecule has 21 nitrogen and oxygen atoms in total. The highest BCUT2D eigenvalue weighted by Crippen LogP contribution is 2.76. The fourth-order valence-corrected chi connectivity index (χ4v) is 16.2. The summed E-state index contributed by atoms with van der Waals surface area (Å²) in [6.45, 7) is 14.0. The van der Waals surface area contributed by atoms with Gasteiger partial charge in [0.15, 0.2) is 18.9 Å². The summed E-state index contributed by atoms with van der Waals surface area (Å²) in [5.74, 6) is 0.131. The fourth-order valence-electron chi connectivity index (χ4n) is 16.2. The molecule has 9 aliphatic rings. The van der Waals surface area contributed by atoms with E-state index in [-0.39, 0.29) is 46.5 Å². The van der Waals surface area contributed by atoms with Crippen LogP contribution in [0.25, 0.3) is 0 Å². The van der Waals surface area contributed by atoms with E-state index in [2.05, 4.69) is 54.5 Å². The number of fused-ring (bicyclic) bond motifs is 7. The highest BCUT2D eigenvalue weighted by Gasteiger charge is 2.70. The first-order chi connectivity index (χ1) is 34.3. The molecule has 0 aromatic carbocycles. The van der Waals surface area contributed by atoms with Gasteiger partial charge in [0.2, 0.25) is 6.29 Å². The van der Waals surface area contributed by atoms with E-state index >= 15 is 0 Å². The molecule has 0 spiro atoms. The molecule has 21 heteroatoms. The lowest BCUT2D eigenvalue weighted by atomic mass is 9.33. The molecule has 73 heavy (non-hydrogen) atoms. The van der Waals surface area contributed by atoms with Crippen LogP contribution in [0, 0.1) is 56.7 Å². The summed E-state index contributed by atoms with van der Waals surface area (Å²) in [7, 11) is 0. The summed E-state index contributed by atoms with van der Waals surface area (Å²) >= 11 is 0. The standard InChI is InChI=1S/C52H84O21/c1-22-10-15-52(47(65)73-45-40(64)37(61)35(59)28(19-54)69-45)17-16-50(6)24(32(52)23(22)2)8-9-30-49(5)13-12-31(48(3,4)29(49)11-14-51(30,50)7)70-46-42(72-43-38(62)33(57)25(55)20-66-43)41(26(56)21-67-46)71-44-39(63)36(60)34(58)27(18-53)68-44/h8,22-23,25-46,53-64H,9-21H2,1-7H3/t22-,23+,25-,26+,27-,28-,29+,30-,31+,32+,33+,34-,35-,36+,37+,38-,39-,40-,41+,42-,43+,44+,45+,46+,49+,50-,51-,52+/m1/s1. The van der Waals surface area contributed by atoms with Gasteiger partial charge in [-0.1, -0.05) is 60.1 Å². The van der Waals surface area contributed by atoms with Crippen LogP contribution < -0.4 is 0 Å². The molecule has 8 fully saturated rings. The monoisotopic (exact) mass is 1040 g/mol. The third-order valence-electron chi connectivity index (χ3n) is 21.0. The SMILES string of the molecule is C[C@H]1[C@H](C)CC[C@]2(C(=O)O[C@@H]3O[C@H](CO)[C@@H](O)[C@H](O)[C@H]3O)CC[C@]3(C)C(=CC[C@@H]4[C@@]5(C)CC[C@H](O[C@@H]6OC[C@H](O)[C@H](O[C@@H]7O[C@H](CO)[C@@H](O)[C@H](O)[C@H]7O)[C@H]6O[C@@H]6OC[C@@H](O)[C@H](O)[C@H]6O)C(C)(C)[C@@H]5CC[C@]43C)[C@H]12. The Labute approximate surface area is 426 Å². The predicted octanol–water partition coefficient (Wildman–Crippen LogP) is -0.901. The van der Waals surface area contributed by atoms with Gasteiger partial charge < -0.3 is 99.2 Å². The van der Waals surface area contributed by atoms with Crippen molar-refractivity contribution in [3.05, 3.63) is 11.6 Å². The first-order valence-corrected chi connectivity index (χ1v) is 26.8. The largest absolute Gasteiger partial charge is 0.432 e. The number of aliphatic hydroxyl groups is 12. The minimum absolute atomic E-state index is 0.114. The van der Waals surface area contributed by atoms with Gasteiger partial charge in [-0.2, -0.15) is 0 Å². The molecule has 418 valence electrons. The minimum atomic E-state index is -1.83. The predicted molar refractivity (Wildman–Crippen MR) is 251 cm³/mol. The first-order valence-electron chi connectivity index (χ1n) is 26.8. The minimum Gasteiger partial charge on any atom is -0.432 e. The highest BCUT2D eigenvalue weighted by atomic mass is 16.8. The van der Waals surface area contributed by atoms with E-state index < -0.39 is 153 Å². The molecule has 0 amide bonds. The average molecular weight is 1050 g/mol. The maximum atomic E-state index is 14.8. The van der Waals surface area contributed by atoms with Crippen molar-refractivity contribution in [2.75, 3.05) is 26.4 Å². The zero-order valence-corrected chi connectivity index (χ0v) is 43.2. The number of carbonyl (C=O) groups is 1. The van der Waals surface area contributed by atoms with Gasteiger partial charge in [-0.25, -0.2) is 0 Å². The van der Waals surface area contributed by atoms with Crippen LogP contribution in [0.4, 0.5) is 0 Å². The quantitative estimate of drug-likeness (QED) is 0.0717. The van der Waals surface area contributed by atoms with Crippen molar-refractivity contribution in [3.8, 4) is 0 Å². The Bertz CT molecular complexity index is 1990. The summed E-state index contributed by atoms with van der Waals surface area (Å²) < 4.78 is 48.6.